The van der Waals surface area contributed by atoms with Gasteiger partial charge in [-0.3, -0.25) is 0 Å². The third kappa shape index (κ3) is 25.1. The Hall–Kier alpha value is -0.260. The van der Waals surface area contributed by atoms with Crippen LogP contribution in [-0.4, -0.2) is 0 Å². The van der Waals surface area contributed by atoms with E-state index in [-0.39, 0.29) is 0 Å². The van der Waals surface area contributed by atoms with Crippen LogP contribution in [0.4, 0.5) is 0 Å². The van der Waals surface area contributed by atoms with Gasteiger partial charge in [0, 0.05) is 0 Å². The fourth-order valence-corrected chi connectivity index (χ4v) is 0.236. The number of hydrogen-bond acceptors (Lipinski definition) is 0. The summed E-state index contributed by atoms with van der Waals surface area (Å²) in [6.45, 7) is 10.8. The molecule has 0 fully saturated rings. The van der Waals surface area contributed by atoms with E-state index < -0.39 is 0 Å². The summed E-state index contributed by atoms with van der Waals surface area (Å²) in [6.07, 6.45) is 6.65. The Labute approximate surface area is 66.3 Å². The van der Waals surface area contributed by atoms with Crippen LogP contribution >= 0.6 is 0 Å². The predicted molar refractivity (Wildman–Crippen MR) is 50.2 cm³/mol. The van der Waals surface area contributed by atoms with Crippen LogP contribution in [0.2, 0.25) is 0 Å². The van der Waals surface area contributed by atoms with Crippen LogP contribution in [0.25, 0.3) is 0 Å². The van der Waals surface area contributed by atoms with Crippen LogP contribution in [0, 0.1) is 5.92 Å². The maximum Gasteiger partial charge on any atom is -0.0379 e. The van der Waals surface area contributed by atoms with Crippen LogP contribution in [0.5, 0.6) is 0 Å². The third-order valence-electron chi connectivity index (χ3n) is 1.29. The smallest absolute Gasteiger partial charge is 0.0379 e. The molecular weight excluding hydrogens is 120 g/mol. The normalized spacial score (nSPS) is 9.80. The molecule has 0 heterocycles. The maximum atomic E-state index is 2.22. The lowest BCUT2D eigenvalue weighted by Crippen LogP contribution is -1.77. The molecule has 0 aromatic heterocycles. The molecule has 0 nitrogen and oxygen atoms in total. The average molecular weight is 142 g/mol. The van der Waals surface area contributed by atoms with Crippen molar-refractivity contribution in [2.75, 3.05) is 0 Å². The van der Waals surface area contributed by atoms with Crippen molar-refractivity contribution < 1.29 is 0 Å². The third-order valence-corrected chi connectivity index (χ3v) is 1.29. The molecule has 0 aromatic carbocycles. The fourth-order valence-electron chi connectivity index (χ4n) is 0.236. The molecule has 0 aliphatic carbocycles. The second-order valence-electron chi connectivity index (χ2n) is 2.78. The highest BCUT2D eigenvalue weighted by Crippen LogP contribution is 1.93. The van der Waals surface area contributed by atoms with Crippen molar-refractivity contribution in [2.45, 2.75) is 47.5 Å². The van der Waals surface area contributed by atoms with Gasteiger partial charge in [-0.15, -0.1) is 0 Å². The first-order valence-corrected chi connectivity index (χ1v) is 4.30. The van der Waals surface area contributed by atoms with Gasteiger partial charge in [-0.05, 0) is 19.3 Å². The van der Waals surface area contributed by atoms with Crippen LogP contribution in [0.3, 0.4) is 0 Å². The van der Waals surface area contributed by atoms with Gasteiger partial charge in [-0.2, -0.15) is 0 Å². The first-order valence-electron chi connectivity index (χ1n) is 4.30. The lowest BCUT2D eigenvalue weighted by molar-refractivity contribution is 0.626. The minimum Gasteiger partial charge on any atom is -0.0917 e. The Morgan fingerprint density at radius 3 is 1.60 bits per heavy atom. The molecule has 0 atom stereocenters. The van der Waals surface area contributed by atoms with E-state index in [0.29, 0.717) is 0 Å². The molecule has 0 saturated carbocycles. The quantitative estimate of drug-likeness (QED) is 0.511. The molecule has 0 bridgehead atoms. The first-order chi connectivity index (χ1) is 4.68. The second kappa shape index (κ2) is 11.5. The Kier molecular flexibility index (Phi) is 14.3. The summed E-state index contributed by atoms with van der Waals surface area (Å²) in [4.78, 5) is 0. The van der Waals surface area contributed by atoms with Crippen LogP contribution in [0.1, 0.15) is 47.5 Å². The Bertz CT molecular complexity index is 60.4. The minimum absolute atomic E-state index is 0.884. The van der Waals surface area contributed by atoms with Crippen LogP contribution in [0.15, 0.2) is 12.2 Å². The van der Waals surface area contributed by atoms with Crippen molar-refractivity contribution in [3.05, 3.63) is 12.2 Å². The van der Waals surface area contributed by atoms with E-state index in [4.69, 9.17) is 0 Å². The zero-order valence-electron chi connectivity index (χ0n) is 8.15. The highest BCUT2D eigenvalue weighted by atomic mass is 13.9. The van der Waals surface area contributed by atoms with E-state index in [1.807, 2.05) is 6.92 Å². The van der Waals surface area contributed by atoms with Crippen molar-refractivity contribution in [2.24, 2.45) is 5.92 Å². The van der Waals surface area contributed by atoms with Gasteiger partial charge in [0.15, 0.2) is 0 Å². The van der Waals surface area contributed by atoms with E-state index >= 15 is 0 Å². The molecule has 10 heavy (non-hydrogen) atoms. The molecule has 0 radical (unpaired) electrons. The number of rotatable bonds is 2. The Balaban J connectivity index is 0. The molecule has 0 aliphatic rings. The summed E-state index contributed by atoms with van der Waals surface area (Å²) in [6, 6.07) is 0. The topological polar surface area (TPSA) is 0 Å². The van der Waals surface area contributed by atoms with Gasteiger partial charge in [-0.25, -0.2) is 0 Å². The lowest BCUT2D eigenvalue weighted by Gasteiger charge is -1.90. The summed E-state index contributed by atoms with van der Waals surface area (Å²) in [5.41, 5.74) is 0. The minimum atomic E-state index is 0.884. The van der Waals surface area contributed by atoms with Gasteiger partial charge in [0.2, 0.25) is 0 Å². The molecule has 0 aliphatic heterocycles. The summed E-state index contributed by atoms with van der Waals surface area (Å²) in [5.74, 6) is 0.884. The van der Waals surface area contributed by atoms with E-state index in [1.165, 1.54) is 6.42 Å². The zero-order valence-corrected chi connectivity index (χ0v) is 8.15. The molecule has 0 aromatic rings. The highest BCUT2D eigenvalue weighted by Gasteiger charge is 1.80. The average Bonchev–Trinajstić information content (AvgIpc) is 1.91. The molecule has 0 N–H and O–H groups in total. The van der Waals surface area contributed by atoms with Gasteiger partial charge in [-0.1, -0.05) is 46.3 Å². The maximum absolute atomic E-state index is 2.22. The lowest BCUT2D eigenvalue weighted by atomic mass is 10.2. The van der Waals surface area contributed by atoms with Crippen molar-refractivity contribution in [3.63, 3.8) is 0 Å². The van der Waals surface area contributed by atoms with Gasteiger partial charge in [0.1, 0.15) is 0 Å². The van der Waals surface area contributed by atoms with E-state index in [1.54, 1.807) is 0 Å². The molecule has 0 saturated heterocycles. The van der Waals surface area contributed by atoms with Gasteiger partial charge in [0.25, 0.3) is 0 Å². The standard InChI is InChI=1S/C5H12.C5H10/c1-4-5(2)3;1-3-5-4-2/h5H,4H2,1-3H3;3,5H,4H2,1-2H3/b;5-3-. The summed E-state index contributed by atoms with van der Waals surface area (Å²) in [7, 11) is 0. The molecule has 0 spiro atoms. The van der Waals surface area contributed by atoms with Crippen molar-refractivity contribution >= 4 is 0 Å². The Morgan fingerprint density at radius 1 is 1.20 bits per heavy atom. The monoisotopic (exact) mass is 142 g/mol. The fraction of sp³-hybridized carbons (Fsp3) is 0.800. The van der Waals surface area contributed by atoms with E-state index in [2.05, 4.69) is 39.8 Å². The Morgan fingerprint density at radius 2 is 1.60 bits per heavy atom. The van der Waals surface area contributed by atoms with Gasteiger partial charge in [0.05, 0.1) is 0 Å². The summed E-state index contributed by atoms with van der Waals surface area (Å²) < 4.78 is 0. The van der Waals surface area contributed by atoms with E-state index in [0.717, 1.165) is 12.3 Å². The largest absolute Gasteiger partial charge is 0.0917 e. The summed E-state index contributed by atoms with van der Waals surface area (Å²) in [5, 5.41) is 0. The number of allylic oxidation sites excluding steroid dienone is 2. The zero-order chi connectivity index (χ0) is 8.41. The molecular formula is C10H22. The van der Waals surface area contributed by atoms with Crippen LogP contribution < -0.4 is 0 Å². The van der Waals surface area contributed by atoms with Gasteiger partial charge < -0.3 is 0 Å². The van der Waals surface area contributed by atoms with Crippen molar-refractivity contribution in [1.29, 1.82) is 0 Å². The van der Waals surface area contributed by atoms with Crippen molar-refractivity contribution in [3.8, 4) is 0 Å². The molecule has 0 amide bonds. The molecule has 0 unspecified atom stereocenters. The molecule has 0 heteroatoms. The van der Waals surface area contributed by atoms with Gasteiger partial charge >= 0.3 is 0 Å². The molecule has 62 valence electrons. The highest BCUT2D eigenvalue weighted by molar-refractivity contribution is 4.73. The van der Waals surface area contributed by atoms with E-state index in [9.17, 15) is 0 Å². The second-order valence-corrected chi connectivity index (χ2v) is 2.78. The predicted octanol–water partition coefficient (Wildman–Crippen LogP) is 4.02. The SMILES string of the molecule is C/C=C\CC.CCC(C)C. The number of hydrogen-bond donors (Lipinski definition) is 0. The first kappa shape index (κ1) is 12.4. The van der Waals surface area contributed by atoms with Crippen molar-refractivity contribution in [1.82, 2.24) is 0 Å². The molecule has 0 rings (SSSR count). The summed E-state index contributed by atoms with van der Waals surface area (Å²) >= 11 is 0. The van der Waals surface area contributed by atoms with Crippen LogP contribution in [-0.2, 0) is 0 Å².